The van der Waals surface area contributed by atoms with Crippen LogP contribution in [0.5, 0.6) is 0 Å². The lowest BCUT2D eigenvalue weighted by molar-refractivity contribution is 0.241. The number of aryl methyl sites for hydroxylation is 2. The molecule has 3 rings (SSSR count). The molecule has 2 aromatic carbocycles. The lowest BCUT2D eigenvalue weighted by atomic mass is 10.0. The molecule has 0 fully saturated rings. The molecule has 4 heteroatoms. The third-order valence-corrected chi connectivity index (χ3v) is 3.72. The van der Waals surface area contributed by atoms with Gasteiger partial charge in [0.15, 0.2) is 0 Å². The molecule has 2 amide bonds. The minimum Gasteiger partial charge on any atom is -0.395 e. The highest BCUT2D eigenvalue weighted by atomic mass is 16.3. The third-order valence-electron chi connectivity index (χ3n) is 3.72. The minimum atomic E-state index is -0.203. The zero-order chi connectivity index (χ0) is 14.7. The number of carbonyl (C=O) groups excluding carboxylic acids is 1. The summed E-state index contributed by atoms with van der Waals surface area (Å²) >= 11 is 0. The number of aliphatic hydroxyl groups excluding tert-OH is 1. The molecule has 1 heterocycles. The van der Waals surface area contributed by atoms with E-state index >= 15 is 0 Å². The first-order chi connectivity index (χ1) is 10.3. The maximum atomic E-state index is 12.5. The minimum absolute atomic E-state index is 0.0666. The number of carbonyl (C=O) groups is 1. The van der Waals surface area contributed by atoms with Gasteiger partial charge in [-0.15, -0.1) is 0 Å². The van der Waals surface area contributed by atoms with Crippen LogP contribution in [0.1, 0.15) is 11.1 Å². The van der Waals surface area contributed by atoms with Gasteiger partial charge >= 0.3 is 6.03 Å². The van der Waals surface area contributed by atoms with Crippen LogP contribution in [0.3, 0.4) is 0 Å². The van der Waals surface area contributed by atoms with Gasteiger partial charge in [0.1, 0.15) is 0 Å². The lowest BCUT2D eigenvalue weighted by Gasteiger charge is -2.25. The quantitative estimate of drug-likeness (QED) is 0.889. The molecular formula is C17H18N2O2. The van der Waals surface area contributed by atoms with Gasteiger partial charge in [0.25, 0.3) is 0 Å². The van der Waals surface area contributed by atoms with Gasteiger partial charge in [-0.1, -0.05) is 36.4 Å². The maximum absolute atomic E-state index is 12.5. The predicted molar refractivity (Wildman–Crippen MR) is 82.9 cm³/mol. The van der Waals surface area contributed by atoms with Crippen LogP contribution in [-0.2, 0) is 12.8 Å². The lowest BCUT2D eigenvalue weighted by Crippen LogP contribution is -2.38. The average molecular weight is 282 g/mol. The maximum Gasteiger partial charge on any atom is 0.326 e. The van der Waals surface area contributed by atoms with E-state index in [9.17, 15) is 4.79 Å². The number of rotatable bonds is 2. The van der Waals surface area contributed by atoms with Crippen LogP contribution in [0.25, 0.3) is 0 Å². The zero-order valence-corrected chi connectivity index (χ0v) is 11.7. The summed E-state index contributed by atoms with van der Waals surface area (Å²) in [6, 6.07) is 15.7. The van der Waals surface area contributed by atoms with E-state index in [1.807, 2.05) is 36.4 Å². The predicted octanol–water partition coefficient (Wildman–Crippen LogP) is 2.63. The topological polar surface area (TPSA) is 52.6 Å². The summed E-state index contributed by atoms with van der Waals surface area (Å²) in [5.74, 6) is 0. The standard InChI is InChI=1S/C17H18N2O2/c20-12-11-18-17(21)19-15-7-3-1-5-13(15)9-10-14-6-2-4-8-16(14)19/h1-8,20H,9-12H2,(H,18,21). The van der Waals surface area contributed by atoms with Crippen LogP contribution in [-0.4, -0.2) is 24.3 Å². The molecule has 0 aromatic heterocycles. The van der Waals surface area contributed by atoms with E-state index < -0.39 is 0 Å². The molecule has 1 aliphatic heterocycles. The molecule has 0 unspecified atom stereocenters. The first-order valence-corrected chi connectivity index (χ1v) is 7.16. The largest absolute Gasteiger partial charge is 0.395 e. The van der Waals surface area contributed by atoms with Crippen LogP contribution in [0.2, 0.25) is 0 Å². The number of aliphatic hydroxyl groups is 1. The number of fused-ring (bicyclic) bond motifs is 2. The number of nitrogens with one attached hydrogen (secondary N) is 1. The molecule has 0 spiro atoms. The number of para-hydroxylation sites is 2. The van der Waals surface area contributed by atoms with Gasteiger partial charge in [-0.2, -0.15) is 0 Å². The van der Waals surface area contributed by atoms with Crippen LogP contribution >= 0.6 is 0 Å². The second kappa shape index (κ2) is 5.97. The Balaban J connectivity index is 2.09. The number of benzene rings is 2. The Morgan fingerprint density at radius 2 is 1.52 bits per heavy atom. The molecule has 0 saturated carbocycles. The SMILES string of the molecule is O=C(NCCO)N1c2ccccc2CCc2ccccc21. The molecule has 21 heavy (non-hydrogen) atoms. The fourth-order valence-electron chi connectivity index (χ4n) is 2.74. The van der Waals surface area contributed by atoms with Crippen molar-refractivity contribution in [1.29, 1.82) is 0 Å². The molecule has 0 radical (unpaired) electrons. The van der Waals surface area contributed by atoms with Crippen molar-refractivity contribution in [3.05, 3.63) is 59.7 Å². The third kappa shape index (κ3) is 2.62. The highest BCUT2D eigenvalue weighted by Gasteiger charge is 2.24. The molecule has 1 aliphatic rings. The van der Waals surface area contributed by atoms with Crippen molar-refractivity contribution in [2.24, 2.45) is 0 Å². The zero-order valence-electron chi connectivity index (χ0n) is 11.7. The van der Waals surface area contributed by atoms with Gasteiger partial charge < -0.3 is 10.4 Å². The summed E-state index contributed by atoms with van der Waals surface area (Å²) in [7, 11) is 0. The average Bonchev–Trinajstić information content (AvgIpc) is 2.69. The molecule has 2 N–H and O–H groups in total. The molecule has 0 aliphatic carbocycles. The van der Waals surface area contributed by atoms with Gasteiger partial charge in [0, 0.05) is 6.54 Å². The summed E-state index contributed by atoms with van der Waals surface area (Å²) in [6.45, 7) is 0.183. The molecule has 4 nitrogen and oxygen atoms in total. The molecule has 0 atom stereocenters. The number of nitrogens with zero attached hydrogens (tertiary/aromatic N) is 1. The van der Waals surface area contributed by atoms with Crippen molar-refractivity contribution < 1.29 is 9.90 Å². The fraction of sp³-hybridized carbons (Fsp3) is 0.235. The Labute approximate surface area is 124 Å². The molecule has 0 bridgehead atoms. The number of amides is 2. The van der Waals surface area contributed by atoms with E-state index in [1.54, 1.807) is 4.90 Å². The van der Waals surface area contributed by atoms with E-state index in [2.05, 4.69) is 17.4 Å². The van der Waals surface area contributed by atoms with Gasteiger partial charge in [-0.3, -0.25) is 4.90 Å². The van der Waals surface area contributed by atoms with Crippen molar-refractivity contribution >= 4 is 17.4 Å². The van der Waals surface area contributed by atoms with Crippen molar-refractivity contribution in [2.45, 2.75) is 12.8 Å². The number of anilines is 2. The van der Waals surface area contributed by atoms with Gasteiger partial charge in [0.05, 0.1) is 18.0 Å². The Morgan fingerprint density at radius 3 is 2.05 bits per heavy atom. The fourth-order valence-corrected chi connectivity index (χ4v) is 2.74. The first kappa shape index (κ1) is 13.6. The molecule has 2 aromatic rings. The van der Waals surface area contributed by atoms with Crippen molar-refractivity contribution in [3.63, 3.8) is 0 Å². The monoisotopic (exact) mass is 282 g/mol. The molecular weight excluding hydrogens is 264 g/mol. The Kier molecular flexibility index (Phi) is 3.88. The van der Waals surface area contributed by atoms with Crippen LogP contribution < -0.4 is 10.2 Å². The van der Waals surface area contributed by atoms with Gasteiger partial charge in [0.2, 0.25) is 0 Å². The second-order valence-corrected chi connectivity index (χ2v) is 5.05. The highest BCUT2D eigenvalue weighted by Crippen LogP contribution is 2.35. The Morgan fingerprint density at radius 1 is 1.00 bits per heavy atom. The number of urea groups is 1. The highest BCUT2D eigenvalue weighted by molar-refractivity contribution is 6.01. The van der Waals surface area contributed by atoms with E-state index in [-0.39, 0.29) is 19.2 Å². The van der Waals surface area contributed by atoms with Gasteiger partial charge in [-0.25, -0.2) is 4.79 Å². The second-order valence-electron chi connectivity index (χ2n) is 5.05. The van der Waals surface area contributed by atoms with E-state index in [0.717, 1.165) is 35.3 Å². The van der Waals surface area contributed by atoms with Crippen molar-refractivity contribution in [2.75, 3.05) is 18.1 Å². The summed E-state index contributed by atoms with van der Waals surface area (Å²) in [5, 5.41) is 11.7. The van der Waals surface area contributed by atoms with Crippen LogP contribution in [0.15, 0.2) is 48.5 Å². The first-order valence-electron chi connectivity index (χ1n) is 7.16. The van der Waals surface area contributed by atoms with Gasteiger partial charge in [-0.05, 0) is 36.1 Å². The Hall–Kier alpha value is -2.33. The summed E-state index contributed by atoms with van der Waals surface area (Å²) in [4.78, 5) is 14.3. The molecule has 0 saturated heterocycles. The van der Waals surface area contributed by atoms with E-state index in [1.165, 1.54) is 0 Å². The number of hydrogen-bond acceptors (Lipinski definition) is 2. The summed E-state index contributed by atoms with van der Waals surface area (Å²) in [6.07, 6.45) is 1.83. The van der Waals surface area contributed by atoms with Crippen molar-refractivity contribution in [3.8, 4) is 0 Å². The van der Waals surface area contributed by atoms with E-state index in [0.29, 0.717) is 0 Å². The van der Waals surface area contributed by atoms with Crippen molar-refractivity contribution in [1.82, 2.24) is 5.32 Å². The van der Waals surface area contributed by atoms with E-state index in [4.69, 9.17) is 5.11 Å². The van der Waals surface area contributed by atoms with Crippen LogP contribution in [0.4, 0.5) is 16.2 Å². The molecule has 108 valence electrons. The van der Waals surface area contributed by atoms with Crippen LogP contribution in [0, 0.1) is 0 Å². The Bertz CT molecular complexity index is 607. The summed E-state index contributed by atoms with van der Waals surface area (Å²) < 4.78 is 0. The normalized spacial score (nSPS) is 13.1. The number of hydrogen-bond donors (Lipinski definition) is 2. The summed E-state index contributed by atoms with van der Waals surface area (Å²) in [5.41, 5.74) is 4.15. The smallest absolute Gasteiger partial charge is 0.326 e.